The van der Waals surface area contributed by atoms with Crippen LogP contribution in [0.3, 0.4) is 0 Å². The Morgan fingerprint density at radius 1 is 1.42 bits per heavy atom. The second kappa shape index (κ2) is 7.17. The Hall–Kier alpha value is -1.64. The van der Waals surface area contributed by atoms with Crippen molar-refractivity contribution in [3.8, 4) is 11.3 Å². The van der Waals surface area contributed by atoms with Crippen molar-refractivity contribution in [3.63, 3.8) is 0 Å². The highest BCUT2D eigenvalue weighted by Crippen LogP contribution is 2.35. The molecule has 0 saturated carbocycles. The number of anilines is 2. The van der Waals surface area contributed by atoms with Crippen molar-refractivity contribution in [3.05, 3.63) is 29.1 Å². The largest absolute Gasteiger partial charge is 0.376 e. The van der Waals surface area contributed by atoms with E-state index in [2.05, 4.69) is 16.4 Å². The monoisotopic (exact) mass is 393 g/mol. The fourth-order valence-electron chi connectivity index (χ4n) is 3.47. The van der Waals surface area contributed by atoms with E-state index in [1.165, 1.54) is 4.31 Å². The van der Waals surface area contributed by atoms with Crippen molar-refractivity contribution in [2.75, 3.05) is 35.1 Å². The molecule has 3 heterocycles. The number of hydrogen-bond donors (Lipinski definition) is 1. The van der Waals surface area contributed by atoms with Crippen LogP contribution in [0.4, 0.5) is 10.8 Å². The minimum Gasteiger partial charge on any atom is -0.376 e. The third-order valence-corrected chi connectivity index (χ3v) is 7.52. The van der Waals surface area contributed by atoms with Gasteiger partial charge in [0.05, 0.1) is 23.2 Å². The predicted octanol–water partition coefficient (Wildman–Crippen LogP) is 3.11. The van der Waals surface area contributed by atoms with Gasteiger partial charge in [0.15, 0.2) is 5.13 Å². The van der Waals surface area contributed by atoms with Crippen LogP contribution in [0.2, 0.25) is 0 Å². The lowest BCUT2D eigenvalue weighted by atomic mass is 10.1. The highest BCUT2D eigenvalue weighted by Gasteiger charge is 2.28. The van der Waals surface area contributed by atoms with Gasteiger partial charge in [0.2, 0.25) is 10.0 Å². The first-order chi connectivity index (χ1) is 12.6. The van der Waals surface area contributed by atoms with E-state index < -0.39 is 10.0 Å². The summed E-state index contributed by atoms with van der Waals surface area (Å²) < 4.78 is 31.6. The summed E-state index contributed by atoms with van der Waals surface area (Å²) in [5, 5.41) is 6.29. The summed E-state index contributed by atoms with van der Waals surface area (Å²) in [7, 11) is -3.20. The molecular weight excluding hydrogens is 370 g/mol. The molecule has 0 unspecified atom stereocenters. The average molecular weight is 394 g/mol. The van der Waals surface area contributed by atoms with Gasteiger partial charge in [-0.25, -0.2) is 13.4 Å². The Bertz CT molecular complexity index is 889. The lowest BCUT2D eigenvalue weighted by Crippen LogP contribution is -2.30. The maximum Gasteiger partial charge on any atom is 0.234 e. The Balaban J connectivity index is 1.49. The summed E-state index contributed by atoms with van der Waals surface area (Å²) >= 11 is 1.59. The van der Waals surface area contributed by atoms with Crippen LogP contribution in [0.1, 0.15) is 25.3 Å². The Labute approximate surface area is 158 Å². The zero-order chi connectivity index (χ0) is 18.1. The summed E-state index contributed by atoms with van der Waals surface area (Å²) in [6.45, 7) is 3.86. The van der Waals surface area contributed by atoms with Crippen molar-refractivity contribution in [1.29, 1.82) is 0 Å². The van der Waals surface area contributed by atoms with Crippen LogP contribution in [-0.2, 0) is 21.2 Å². The first kappa shape index (κ1) is 17.8. The number of thiazole rings is 1. The Morgan fingerprint density at radius 2 is 2.31 bits per heavy atom. The third-order valence-electron chi connectivity index (χ3n) is 4.94. The second-order valence-corrected chi connectivity index (χ2v) is 9.66. The van der Waals surface area contributed by atoms with Gasteiger partial charge in [0.1, 0.15) is 0 Å². The summed E-state index contributed by atoms with van der Waals surface area (Å²) in [4.78, 5) is 4.67. The van der Waals surface area contributed by atoms with Crippen molar-refractivity contribution in [2.45, 2.75) is 32.3 Å². The topological polar surface area (TPSA) is 71.5 Å². The molecular formula is C18H23N3O3S2. The average Bonchev–Trinajstić information content (AvgIpc) is 3.38. The molecule has 1 saturated heterocycles. The number of nitrogens with one attached hydrogen (secondary N) is 1. The van der Waals surface area contributed by atoms with Gasteiger partial charge in [-0.3, -0.25) is 4.31 Å². The molecule has 8 heteroatoms. The maximum absolute atomic E-state index is 12.2. The van der Waals surface area contributed by atoms with Gasteiger partial charge in [-0.2, -0.15) is 0 Å². The third kappa shape index (κ3) is 3.45. The molecule has 2 aromatic rings. The molecule has 0 bridgehead atoms. The van der Waals surface area contributed by atoms with Crippen LogP contribution in [0.15, 0.2) is 23.6 Å². The molecule has 1 fully saturated rings. The quantitative estimate of drug-likeness (QED) is 0.816. The number of fused-ring (bicyclic) bond motifs is 1. The van der Waals surface area contributed by atoms with Gasteiger partial charge in [0.25, 0.3) is 0 Å². The minimum atomic E-state index is -3.20. The predicted molar refractivity (Wildman–Crippen MR) is 106 cm³/mol. The first-order valence-corrected chi connectivity index (χ1v) is 11.5. The molecule has 2 aliphatic heterocycles. The van der Waals surface area contributed by atoms with E-state index in [-0.39, 0.29) is 11.9 Å². The lowest BCUT2D eigenvalue weighted by Gasteiger charge is -2.18. The van der Waals surface area contributed by atoms with Crippen LogP contribution in [0.5, 0.6) is 0 Å². The van der Waals surface area contributed by atoms with E-state index in [0.717, 1.165) is 60.1 Å². The number of sulfonamides is 1. The van der Waals surface area contributed by atoms with Crippen LogP contribution >= 0.6 is 11.3 Å². The van der Waals surface area contributed by atoms with Gasteiger partial charge in [-0.05, 0) is 43.9 Å². The summed E-state index contributed by atoms with van der Waals surface area (Å²) in [5.74, 6) is 0.125. The molecule has 0 aliphatic carbocycles. The van der Waals surface area contributed by atoms with E-state index in [4.69, 9.17) is 4.74 Å². The van der Waals surface area contributed by atoms with Gasteiger partial charge >= 0.3 is 0 Å². The molecule has 0 spiro atoms. The van der Waals surface area contributed by atoms with Gasteiger partial charge < -0.3 is 10.1 Å². The van der Waals surface area contributed by atoms with Crippen molar-refractivity contribution >= 4 is 32.2 Å². The molecule has 1 aromatic carbocycles. The Kier molecular flexibility index (Phi) is 4.90. The summed E-state index contributed by atoms with van der Waals surface area (Å²) in [5.41, 5.74) is 3.83. The minimum absolute atomic E-state index is 0.125. The molecule has 2 aliphatic rings. The molecule has 1 aromatic heterocycles. The fourth-order valence-corrected chi connectivity index (χ4v) is 5.36. The van der Waals surface area contributed by atoms with Crippen molar-refractivity contribution < 1.29 is 13.2 Å². The molecule has 1 N–H and O–H groups in total. The molecule has 0 radical (unpaired) electrons. The van der Waals surface area contributed by atoms with Gasteiger partial charge in [-0.15, -0.1) is 11.3 Å². The highest BCUT2D eigenvalue weighted by molar-refractivity contribution is 7.92. The fraction of sp³-hybridized carbons (Fsp3) is 0.500. The van der Waals surface area contributed by atoms with E-state index in [9.17, 15) is 8.42 Å². The van der Waals surface area contributed by atoms with E-state index in [1.54, 1.807) is 18.3 Å². The van der Waals surface area contributed by atoms with Crippen LogP contribution in [0.25, 0.3) is 11.3 Å². The normalized spacial score (nSPS) is 19.7. The number of rotatable bonds is 6. The smallest absolute Gasteiger partial charge is 0.234 e. The number of nitrogens with zero attached hydrogens (tertiary/aromatic N) is 2. The van der Waals surface area contributed by atoms with Crippen molar-refractivity contribution in [1.82, 2.24) is 4.98 Å². The number of benzene rings is 1. The first-order valence-electron chi connectivity index (χ1n) is 9.01. The van der Waals surface area contributed by atoms with Crippen LogP contribution < -0.4 is 9.62 Å². The van der Waals surface area contributed by atoms with E-state index >= 15 is 0 Å². The van der Waals surface area contributed by atoms with E-state index in [1.807, 2.05) is 17.5 Å². The maximum atomic E-state index is 12.2. The molecule has 4 rings (SSSR count). The lowest BCUT2D eigenvalue weighted by molar-refractivity contribution is 0.120. The standard InChI is InChI=1S/C18H23N3O3S2/c1-2-26(22,23)21-8-7-14-10-13(5-6-17(14)21)16-12-25-18(20-16)19-11-15-4-3-9-24-15/h5-6,10,12,15H,2-4,7-9,11H2,1H3,(H,19,20)/t15-/m0/s1. The molecule has 6 nitrogen and oxygen atoms in total. The number of aromatic nitrogens is 1. The SMILES string of the molecule is CCS(=O)(=O)N1CCc2cc(-c3csc(NC[C@@H]4CCCO4)n3)ccc21. The van der Waals surface area contributed by atoms with Gasteiger partial charge in [0, 0.05) is 30.6 Å². The van der Waals surface area contributed by atoms with Crippen LogP contribution in [0, 0.1) is 0 Å². The van der Waals surface area contributed by atoms with Crippen LogP contribution in [-0.4, -0.2) is 45.0 Å². The highest BCUT2D eigenvalue weighted by atomic mass is 32.2. The molecule has 26 heavy (non-hydrogen) atoms. The summed E-state index contributed by atoms with van der Waals surface area (Å²) in [6, 6.07) is 5.93. The number of hydrogen-bond acceptors (Lipinski definition) is 6. The zero-order valence-corrected chi connectivity index (χ0v) is 16.4. The molecule has 0 amide bonds. The second-order valence-electron chi connectivity index (χ2n) is 6.62. The van der Waals surface area contributed by atoms with Crippen molar-refractivity contribution in [2.24, 2.45) is 0 Å². The Morgan fingerprint density at radius 3 is 3.08 bits per heavy atom. The van der Waals surface area contributed by atoms with Gasteiger partial charge in [-0.1, -0.05) is 6.07 Å². The van der Waals surface area contributed by atoms with E-state index in [0.29, 0.717) is 6.54 Å². The number of ether oxygens (including phenoxy) is 1. The summed E-state index contributed by atoms with van der Waals surface area (Å²) in [6.07, 6.45) is 3.27. The molecule has 1 atom stereocenters. The molecule has 140 valence electrons. The zero-order valence-electron chi connectivity index (χ0n) is 14.8.